The van der Waals surface area contributed by atoms with Crippen molar-refractivity contribution in [1.82, 2.24) is 24.6 Å². The first-order valence-corrected chi connectivity index (χ1v) is 9.82. The average Bonchev–Trinajstić information content (AvgIpc) is 3.16. The Balaban J connectivity index is 1.56. The van der Waals surface area contributed by atoms with E-state index in [4.69, 9.17) is 10.1 Å². The van der Waals surface area contributed by atoms with Gasteiger partial charge in [-0.05, 0) is 24.0 Å². The highest BCUT2D eigenvalue weighted by atomic mass is 16.2. The van der Waals surface area contributed by atoms with Crippen molar-refractivity contribution in [2.75, 3.05) is 6.54 Å². The van der Waals surface area contributed by atoms with Crippen molar-refractivity contribution in [1.29, 1.82) is 0 Å². The zero-order valence-corrected chi connectivity index (χ0v) is 16.3. The van der Waals surface area contributed by atoms with Crippen molar-refractivity contribution in [3.8, 4) is 11.4 Å². The molecule has 0 bridgehead atoms. The van der Waals surface area contributed by atoms with Gasteiger partial charge >= 0.3 is 0 Å². The first kappa shape index (κ1) is 18.3. The lowest BCUT2D eigenvalue weighted by molar-refractivity contribution is -0.136. The van der Waals surface area contributed by atoms with Crippen LogP contribution in [0, 0.1) is 5.92 Å². The molecule has 28 heavy (non-hydrogen) atoms. The smallest absolute Gasteiger partial charge is 0.223 e. The third-order valence-corrected chi connectivity index (χ3v) is 5.19. The van der Waals surface area contributed by atoms with Crippen molar-refractivity contribution < 1.29 is 4.79 Å². The Morgan fingerprint density at radius 2 is 1.96 bits per heavy atom. The van der Waals surface area contributed by atoms with Gasteiger partial charge in [-0.2, -0.15) is 5.10 Å². The van der Waals surface area contributed by atoms with Gasteiger partial charge in [0.2, 0.25) is 5.91 Å². The minimum atomic E-state index is -0.0555. The molecule has 6 heteroatoms. The molecule has 0 saturated heterocycles. The Labute approximate surface area is 165 Å². The highest BCUT2D eigenvalue weighted by Gasteiger charge is 2.35. The molecule has 1 atom stereocenters. The van der Waals surface area contributed by atoms with Gasteiger partial charge in [-0.1, -0.05) is 50.2 Å². The molecule has 3 aromatic rings. The summed E-state index contributed by atoms with van der Waals surface area (Å²) in [7, 11) is 0. The number of hydrogen-bond acceptors (Lipinski definition) is 4. The van der Waals surface area contributed by atoms with Crippen LogP contribution in [0.2, 0.25) is 0 Å². The summed E-state index contributed by atoms with van der Waals surface area (Å²) in [5.74, 6) is 2.04. The summed E-state index contributed by atoms with van der Waals surface area (Å²) in [5.41, 5.74) is 2.09. The molecule has 1 aromatic carbocycles. The highest BCUT2D eigenvalue weighted by Crippen LogP contribution is 2.32. The molecule has 0 aliphatic carbocycles. The first-order valence-electron chi connectivity index (χ1n) is 9.82. The number of pyridine rings is 1. The summed E-state index contributed by atoms with van der Waals surface area (Å²) >= 11 is 0. The van der Waals surface area contributed by atoms with E-state index >= 15 is 0 Å². The molecule has 0 radical (unpaired) electrons. The van der Waals surface area contributed by atoms with E-state index in [2.05, 4.69) is 18.8 Å². The van der Waals surface area contributed by atoms with Crippen molar-refractivity contribution in [2.24, 2.45) is 5.92 Å². The van der Waals surface area contributed by atoms with E-state index < -0.39 is 0 Å². The molecule has 2 aromatic heterocycles. The van der Waals surface area contributed by atoms with Gasteiger partial charge in [0, 0.05) is 30.9 Å². The molecule has 4 rings (SSSR count). The minimum absolute atomic E-state index is 0.0555. The third kappa shape index (κ3) is 3.67. The Morgan fingerprint density at radius 3 is 2.68 bits per heavy atom. The standard InChI is InChI=1S/C22H25N5O/c1-16(2)20-22-24-21(18-8-4-3-5-9-18)25-27(22)14-13-26(20)19(28)11-10-17-7-6-12-23-15-17/h3-9,12,15-16,20H,10-11,13-14H2,1-2H3/t20-/m0/s1. The zero-order valence-electron chi connectivity index (χ0n) is 16.3. The maximum absolute atomic E-state index is 13.0. The number of aromatic nitrogens is 4. The number of hydrogen-bond donors (Lipinski definition) is 0. The molecular weight excluding hydrogens is 350 g/mol. The van der Waals surface area contributed by atoms with Crippen LogP contribution in [0.15, 0.2) is 54.9 Å². The van der Waals surface area contributed by atoms with Gasteiger partial charge < -0.3 is 4.90 Å². The largest absolute Gasteiger partial charge is 0.330 e. The molecule has 1 aliphatic heterocycles. The second-order valence-electron chi connectivity index (χ2n) is 7.52. The molecule has 144 valence electrons. The lowest BCUT2D eigenvalue weighted by Gasteiger charge is -2.37. The molecule has 0 fully saturated rings. The highest BCUT2D eigenvalue weighted by molar-refractivity contribution is 5.77. The summed E-state index contributed by atoms with van der Waals surface area (Å²) in [4.78, 5) is 24.0. The summed E-state index contributed by atoms with van der Waals surface area (Å²) in [5, 5.41) is 4.70. The molecule has 1 amide bonds. The molecule has 3 heterocycles. The molecule has 0 N–H and O–H groups in total. The molecule has 6 nitrogen and oxygen atoms in total. The van der Waals surface area contributed by atoms with Crippen molar-refractivity contribution >= 4 is 5.91 Å². The van der Waals surface area contributed by atoms with Gasteiger partial charge in [0.1, 0.15) is 0 Å². The van der Waals surface area contributed by atoms with Crippen molar-refractivity contribution in [3.05, 3.63) is 66.2 Å². The lowest BCUT2D eigenvalue weighted by Crippen LogP contribution is -2.44. The van der Waals surface area contributed by atoms with E-state index in [9.17, 15) is 4.79 Å². The van der Waals surface area contributed by atoms with Crippen LogP contribution < -0.4 is 0 Å². The maximum Gasteiger partial charge on any atom is 0.223 e. The van der Waals surface area contributed by atoms with Crippen LogP contribution in [-0.4, -0.2) is 37.1 Å². The maximum atomic E-state index is 13.0. The fourth-order valence-corrected chi connectivity index (χ4v) is 3.81. The number of nitrogens with zero attached hydrogens (tertiary/aromatic N) is 5. The molecular formula is C22H25N5O. The first-order chi connectivity index (χ1) is 13.6. The predicted octanol–water partition coefficient (Wildman–Crippen LogP) is 3.51. The number of aryl methyl sites for hydroxylation is 1. The SMILES string of the molecule is CC(C)[C@H]1c2nc(-c3ccccc3)nn2CCN1C(=O)CCc1cccnc1. The molecule has 0 saturated carbocycles. The number of carbonyl (C=O) groups excluding carboxylic acids is 1. The summed E-state index contributed by atoms with van der Waals surface area (Å²) in [6.45, 7) is 5.62. The van der Waals surface area contributed by atoms with Gasteiger partial charge in [-0.15, -0.1) is 0 Å². The molecule has 0 unspecified atom stereocenters. The van der Waals surface area contributed by atoms with Crippen molar-refractivity contribution in [3.63, 3.8) is 0 Å². The lowest BCUT2D eigenvalue weighted by atomic mass is 9.99. The summed E-state index contributed by atoms with van der Waals surface area (Å²) in [6, 6.07) is 13.9. The second-order valence-corrected chi connectivity index (χ2v) is 7.52. The number of fused-ring (bicyclic) bond motifs is 1. The van der Waals surface area contributed by atoms with Crippen LogP contribution >= 0.6 is 0 Å². The van der Waals surface area contributed by atoms with Crippen LogP contribution in [0.1, 0.15) is 37.7 Å². The van der Waals surface area contributed by atoms with Crippen LogP contribution in [0.25, 0.3) is 11.4 Å². The molecule has 0 spiro atoms. The summed E-state index contributed by atoms with van der Waals surface area (Å²) in [6.07, 6.45) is 4.76. The number of benzene rings is 1. The van der Waals surface area contributed by atoms with Crippen LogP contribution in [0.5, 0.6) is 0 Å². The minimum Gasteiger partial charge on any atom is -0.330 e. The Bertz CT molecular complexity index is 936. The van der Waals surface area contributed by atoms with Gasteiger partial charge in [-0.25, -0.2) is 9.67 Å². The van der Waals surface area contributed by atoms with Gasteiger partial charge in [0.05, 0.1) is 12.6 Å². The quantitative estimate of drug-likeness (QED) is 0.684. The zero-order chi connectivity index (χ0) is 19.5. The number of rotatable bonds is 5. The van der Waals surface area contributed by atoms with E-state index in [-0.39, 0.29) is 17.9 Å². The van der Waals surface area contributed by atoms with Gasteiger partial charge in [0.25, 0.3) is 0 Å². The van der Waals surface area contributed by atoms with E-state index in [1.54, 1.807) is 6.20 Å². The predicted molar refractivity (Wildman–Crippen MR) is 107 cm³/mol. The van der Waals surface area contributed by atoms with Gasteiger partial charge in [0.15, 0.2) is 11.6 Å². The Kier molecular flexibility index (Phi) is 5.19. The van der Waals surface area contributed by atoms with E-state index in [0.29, 0.717) is 25.9 Å². The monoisotopic (exact) mass is 375 g/mol. The Hall–Kier alpha value is -3.02. The van der Waals surface area contributed by atoms with Crippen LogP contribution in [-0.2, 0) is 17.8 Å². The summed E-state index contributed by atoms with van der Waals surface area (Å²) < 4.78 is 1.97. The average molecular weight is 375 g/mol. The van der Waals surface area contributed by atoms with Gasteiger partial charge in [-0.3, -0.25) is 9.78 Å². The van der Waals surface area contributed by atoms with E-state index in [1.807, 2.05) is 58.2 Å². The fraction of sp³-hybridized carbons (Fsp3) is 0.364. The normalized spacial score (nSPS) is 16.2. The van der Waals surface area contributed by atoms with E-state index in [1.165, 1.54) is 0 Å². The topological polar surface area (TPSA) is 63.9 Å². The van der Waals surface area contributed by atoms with E-state index in [0.717, 1.165) is 22.8 Å². The molecule has 1 aliphatic rings. The second kappa shape index (κ2) is 7.92. The Morgan fingerprint density at radius 1 is 1.14 bits per heavy atom. The fourth-order valence-electron chi connectivity index (χ4n) is 3.81. The van der Waals surface area contributed by atoms with Crippen LogP contribution in [0.4, 0.5) is 0 Å². The number of carbonyl (C=O) groups is 1. The van der Waals surface area contributed by atoms with Crippen molar-refractivity contribution in [2.45, 2.75) is 39.3 Å². The number of amides is 1. The third-order valence-electron chi connectivity index (χ3n) is 5.19. The van der Waals surface area contributed by atoms with Crippen LogP contribution in [0.3, 0.4) is 0 Å².